The van der Waals surface area contributed by atoms with Crippen LogP contribution in [0.25, 0.3) is 0 Å². The Kier molecular flexibility index (Phi) is 3.85. The Hall–Kier alpha value is -1.88. The lowest BCUT2D eigenvalue weighted by atomic mass is 10.1. The number of aliphatic carboxylic acids is 1. The van der Waals surface area contributed by atoms with Crippen LogP contribution < -0.4 is 4.90 Å². The number of nitrogens with zero attached hydrogens (tertiary/aromatic N) is 2. The quantitative estimate of drug-likeness (QED) is 0.882. The topological polar surface area (TPSA) is 60.9 Å². The Bertz CT molecular complexity index is 501. The fraction of sp³-hybridized carbons (Fsp3) is 0.429. The van der Waals surface area contributed by atoms with Crippen LogP contribution in [0.2, 0.25) is 0 Å². The summed E-state index contributed by atoms with van der Waals surface area (Å²) < 4.78 is 0. The van der Waals surface area contributed by atoms with Gasteiger partial charge in [0.1, 0.15) is 6.04 Å². The van der Waals surface area contributed by atoms with Crippen molar-refractivity contribution >= 4 is 17.6 Å². The molecule has 1 unspecified atom stereocenters. The minimum absolute atomic E-state index is 0.0547. The number of likely N-dealkylation sites (N-methyl/N-ethyl adjacent to an activating group) is 1. The van der Waals surface area contributed by atoms with Crippen LogP contribution in [0.3, 0.4) is 0 Å². The largest absolute Gasteiger partial charge is 0.480 e. The number of benzene rings is 1. The minimum Gasteiger partial charge on any atom is -0.480 e. The van der Waals surface area contributed by atoms with E-state index in [1.54, 1.807) is 16.8 Å². The van der Waals surface area contributed by atoms with Crippen LogP contribution in [0.4, 0.5) is 5.69 Å². The fourth-order valence-electron chi connectivity index (χ4n) is 2.40. The highest BCUT2D eigenvalue weighted by molar-refractivity contribution is 5.98. The summed E-state index contributed by atoms with van der Waals surface area (Å²) in [6.45, 7) is 2.35. The van der Waals surface area contributed by atoms with Gasteiger partial charge in [-0.25, -0.2) is 0 Å². The van der Waals surface area contributed by atoms with E-state index >= 15 is 0 Å². The van der Waals surface area contributed by atoms with Gasteiger partial charge in [0.15, 0.2) is 0 Å². The Balaban J connectivity index is 2.33. The van der Waals surface area contributed by atoms with Gasteiger partial charge in [0.2, 0.25) is 5.91 Å². The number of hydrogen-bond acceptors (Lipinski definition) is 3. The van der Waals surface area contributed by atoms with Gasteiger partial charge in [-0.1, -0.05) is 25.1 Å². The lowest BCUT2D eigenvalue weighted by Gasteiger charge is -2.37. The third-order valence-electron chi connectivity index (χ3n) is 3.52. The second-order valence-corrected chi connectivity index (χ2v) is 4.76. The molecule has 5 heteroatoms. The summed E-state index contributed by atoms with van der Waals surface area (Å²) in [4.78, 5) is 26.5. The van der Waals surface area contributed by atoms with Gasteiger partial charge in [0.05, 0.1) is 13.1 Å². The molecule has 1 fully saturated rings. The zero-order valence-corrected chi connectivity index (χ0v) is 11.2. The smallest absolute Gasteiger partial charge is 0.322 e. The predicted octanol–water partition coefficient (Wildman–Crippen LogP) is 0.981. The number of carboxylic acids is 1. The average molecular weight is 262 g/mol. The van der Waals surface area contributed by atoms with Crippen LogP contribution in [0.1, 0.15) is 12.5 Å². The molecule has 1 aromatic carbocycles. The Morgan fingerprint density at radius 2 is 2.11 bits per heavy atom. The highest BCUT2D eigenvalue weighted by Crippen LogP contribution is 2.24. The van der Waals surface area contributed by atoms with E-state index in [1.807, 2.05) is 31.2 Å². The number of aryl methyl sites for hydroxylation is 1. The molecule has 1 aliphatic rings. The molecule has 0 aromatic heterocycles. The fourth-order valence-corrected chi connectivity index (χ4v) is 2.40. The first-order valence-corrected chi connectivity index (χ1v) is 6.36. The molecular formula is C14H18N2O3. The number of carboxylic acid groups (broad SMARTS) is 1. The van der Waals surface area contributed by atoms with Crippen molar-refractivity contribution in [2.75, 3.05) is 25.0 Å². The van der Waals surface area contributed by atoms with E-state index in [0.717, 1.165) is 17.7 Å². The number of carbonyl (C=O) groups excluding carboxylic acids is 1. The SMILES string of the molecule is CCc1ccccc1N1CC(C(=O)O)N(C)CC1=O. The maximum absolute atomic E-state index is 12.1. The van der Waals surface area contributed by atoms with E-state index in [2.05, 4.69) is 0 Å². The third-order valence-corrected chi connectivity index (χ3v) is 3.52. The number of carbonyl (C=O) groups is 2. The van der Waals surface area contributed by atoms with E-state index < -0.39 is 12.0 Å². The van der Waals surface area contributed by atoms with E-state index in [4.69, 9.17) is 0 Å². The first-order chi connectivity index (χ1) is 9.04. The molecule has 2 rings (SSSR count). The molecule has 0 bridgehead atoms. The van der Waals surface area contributed by atoms with Crippen molar-refractivity contribution in [1.29, 1.82) is 0 Å². The van der Waals surface area contributed by atoms with Gasteiger partial charge in [-0.3, -0.25) is 14.5 Å². The average Bonchev–Trinajstić information content (AvgIpc) is 2.38. The van der Waals surface area contributed by atoms with Crippen molar-refractivity contribution in [2.24, 2.45) is 0 Å². The second-order valence-electron chi connectivity index (χ2n) is 4.76. The first-order valence-electron chi connectivity index (χ1n) is 6.36. The zero-order valence-electron chi connectivity index (χ0n) is 11.2. The van der Waals surface area contributed by atoms with Crippen LogP contribution >= 0.6 is 0 Å². The van der Waals surface area contributed by atoms with Crippen molar-refractivity contribution in [3.05, 3.63) is 29.8 Å². The number of hydrogen-bond donors (Lipinski definition) is 1. The lowest BCUT2D eigenvalue weighted by Crippen LogP contribution is -2.57. The first kappa shape index (κ1) is 13.5. The summed E-state index contributed by atoms with van der Waals surface area (Å²) >= 11 is 0. The van der Waals surface area contributed by atoms with E-state index in [-0.39, 0.29) is 19.0 Å². The number of piperazine rings is 1. The molecule has 1 atom stereocenters. The van der Waals surface area contributed by atoms with Crippen LogP contribution in [0, 0.1) is 0 Å². The van der Waals surface area contributed by atoms with Gasteiger partial charge in [-0.2, -0.15) is 0 Å². The van der Waals surface area contributed by atoms with Crippen molar-refractivity contribution in [3.8, 4) is 0 Å². The summed E-state index contributed by atoms with van der Waals surface area (Å²) in [7, 11) is 1.67. The van der Waals surface area contributed by atoms with Gasteiger partial charge in [0, 0.05) is 5.69 Å². The lowest BCUT2D eigenvalue weighted by molar-refractivity contribution is -0.144. The van der Waals surface area contributed by atoms with Crippen molar-refractivity contribution < 1.29 is 14.7 Å². The normalized spacial score (nSPS) is 20.6. The van der Waals surface area contributed by atoms with Crippen LogP contribution in [0.5, 0.6) is 0 Å². The summed E-state index contributed by atoms with van der Waals surface area (Å²) in [5.41, 5.74) is 1.89. The van der Waals surface area contributed by atoms with E-state index in [1.165, 1.54) is 0 Å². The van der Waals surface area contributed by atoms with Gasteiger partial charge in [-0.05, 0) is 25.1 Å². The molecule has 1 amide bonds. The summed E-state index contributed by atoms with van der Waals surface area (Å²) in [6, 6.07) is 6.99. The van der Waals surface area contributed by atoms with Gasteiger partial charge in [-0.15, -0.1) is 0 Å². The standard InChI is InChI=1S/C14H18N2O3/c1-3-10-6-4-5-7-11(10)16-8-12(14(18)19)15(2)9-13(16)17/h4-7,12H,3,8-9H2,1-2H3,(H,18,19). The highest BCUT2D eigenvalue weighted by atomic mass is 16.4. The van der Waals surface area contributed by atoms with Gasteiger partial charge >= 0.3 is 5.97 Å². The van der Waals surface area contributed by atoms with Gasteiger partial charge < -0.3 is 10.0 Å². The molecule has 102 valence electrons. The van der Waals surface area contributed by atoms with Crippen molar-refractivity contribution in [1.82, 2.24) is 4.90 Å². The summed E-state index contributed by atoms with van der Waals surface area (Å²) in [5.74, 6) is -0.949. The monoisotopic (exact) mass is 262 g/mol. The molecule has 0 radical (unpaired) electrons. The van der Waals surface area contributed by atoms with Crippen LogP contribution in [0.15, 0.2) is 24.3 Å². The van der Waals surface area contributed by atoms with Crippen molar-refractivity contribution in [3.63, 3.8) is 0 Å². The second kappa shape index (κ2) is 5.40. The van der Waals surface area contributed by atoms with Crippen molar-refractivity contribution in [2.45, 2.75) is 19.4 Å². The summed E-state index contributed by atoms with van der Waals surface area (Å²) in [6.07, 6.45) is 0.813. The molecule has 1 heterocycles. The minimum atomic E-state index is -0.894. The predicted molar refractivity (Wildman–Crippen MR) is 72.2 cm³/mol. The highest BCUT2D eigenvalue weighted by Gasteiger charge is 2.35. The molecule has 0 spiro atoms. The zero-order chi connectivity index (χ0) is 14.0. The molecule has 1 N–H and O–H groups in total. The number of anilines is 1. The number of para-hydroxylation sites is 1. The molecule has 1 saturated heterocycles. The molecule has 5 nitrogen and oxygen atoms in total. The third kappa shape index (κ3) is 2.61. The Labute approximate surface area is 112 Å². The molecule has 1 aromatic rings. The number of amides is 1. The van der Waals surface area contributed by atoms with E-state index in [9.17, 15) is 14.7 Å². The maximum atomic E-state index is 12.1. The molecular weight excluding hydrogens is 244 g/mol. The van der Waals surface area contributed by atoms with Crippen LogP contribution in [-0.2, 0) is 16.0 Å². The number of rotatable bonds is 3. The molecule has 1 aliphatic heterocycles. The Morgan fingerprint density at radius 3 is 2.74 bits per heavy atom. The molecule has 0 saturated carbocycles. The Morgan fingerprint density at radius 1 is 1.42 bits per heavy atom. The van der Waals surface area contributed by atoms with Gasteiger partial charge in [0.25, 0.3) is 0 Å². The molecule has 19 heavy (non-hydrogen) atoms. The van der Waals surface area contributed by atoms with Crippen LogP contribution in [-0.4, -0.2) is 48.1 Å². The molecule has 0 aliphatic carbocycles. The maximum Gasteiger partial charge on any atom is 0.322 e. The van der Waals surface area contributed by atoms with E-state index in [0.29, 0.717) is 0 Å². The summed E-state index contributed by atoms with van der Waals surface area (Å²) in [5, 5.41) is 9.21.